The van der Waals surface area contributed by atoms with E-state index in [2.05, 4.69) is 60.4 Å². The number of hydrogen-bond acceptors (Lipinski definition) is 5. The number of likely N-dealkylation sites (tertiary alicyclic amines) is 1. The maximum Gasteiger partial charge on any atom is 0.312 e. The third kappa shape index (κ3) is 19.9. The molecule has 0 aromatic carbocycles. The molecule has 0 amide bonds. The number of carbonyl (C=O) groups is 2. The summed E-state index contributed by atoms with van der Waals surface area (Å²) in [5, 5.41) is 0. The van der Waals surface area contributed by atoms with Crippen molar-refractivity contribution in [2.75, 3.05) is 26.7 Å². The maximum atomic E-state index is 13.8. The van der Waals surface area contributed by atoms with Crippen LogP contribution in [0.1, 0.15) is 215 Å². The quantitative estimate of drug-likeness (QED) is 0.0535. The molecule has 0 saturated carbocycles. The Balaban J connectivity index is 2.46. The molecule has 0 aliphatic carbocycles. The topological polar surface area (TPSA) is 55.8 Å². The van der Waals surface area contributed by atoms with E-state index in [1.54, 1.807) is 0 Å². The molecule has 290 valence electrons. The van der Waals surface area contributed by atoms with Gasteiger partial charge in [-0.15, -0.1) is 0 Å². The zero-order chi connectivity index (χ0) is 36.4. The number of rotatable bonds is 31. The van der Waals surface area contributed by atoms with Gasteiger partial charge in [-0.2, -0.15) is 0 Å². The van der Waals surface area contributed by atoms with Gasteiger partial charge >= 0.3 is 11.9 Å². The molecule has 0 bridgehead atoms. The SMILES string of the molecule is CCCCCCCCCC(CCCCCCCCOC(=O)CC(CCCC)CCCCCC)OC(=O)C(C)(C)C(C)(C)C1CCCN(C)C1. The van der Waals surface area contributed by atoms with Crippen LogP contribution < -0.4 is 0 Å². The molecule has 1 rings (SSSR count). The Labute approximate surface area is 306 Å². The van der Waals surface area contributed by atoms with Crippen LogP contribution in [0.3, 0.4) is 0 Å². The molecule has 0 radical (unpaired) electrons. The molecular weight excluding hydrogens is 606 g/mol. The Morgan fingerprint density at radius 2 is 1.16 bits per heavy atom. The number of nitrogens with zero attached hydrogens (tertiary/aromatic N) is 1. The van der Waals surface area contributed by atoms with Crippen LogP contribution in [0.25, 0.3) is 0 Å². The molecule has 5 nitrogen and oxygen atoms in total. The normalized spacial score (nSPS) is 17.2. The van der Waals surface area contributed by atoms with Gasteiger partial charge in [0.1, 0.15) is 6.10 Å². The molecule has 1 aliphatic rings. The van der Waals surface area contributed by atoms with Gasteiger partial charge in [0.2, 0.25) is 0 Å². The van der Waals surface area contributed by atoms with Crippen molar-refractivity contribution in [3.05, 3.63) is 0 Å². The first-order valence-corrected chi connectivity index (χ1v) is 21.5. The van der Waals surface area contributed by atoms with E-state index >= 15 is 0 Å². The Kier molecular flexibility index (Phi) is 25.8. The number of esters is 2. The number of ether oxygens (including phenoxy) is 2. The van der Waals surface area contributed by atoms with E-state index < -0.39 is 5.41 Å². The average Bonchev–Trinajstić information content (AvgIpc) is 3.07. The zero-order valence-electron chi connectivity index (χ0n) is 34.3. The van der Waals surface area contributed by atoms with Crippen LogP contribution >= 0.6 is 0 Å². The van der Waals surface area contributed by atoms with Crippen molar-refractivity contribution in [1.82, 2.24) is 4.90 Å². The fourth-order valence-electron chi connectivity index (χ4n) is 7.78. The molecule has 5 heteroatoms. The van der Waals surface area contributed by atoms with Crippen LogP contribution in [-0.4, -0.2) is 49.7 Å². The fraction of sp³-hybridized carbons (Fsp3) is 0.955. The van der Waals surface area contributed by atoms with Gasteiger partial charge in [-0.3, -0.25) is 9.59 Å². The summed E-state index contributed by atoms with van der Waals surface area (Å²) >= 11 is 0. The summed E-state index contributed by atoms with van der Waals surface area (Å²) in [6.45, 7) is 18.4. The van der Waals surface area contributed by atoms with Crippen molar-refractivity contribution < 1.29 is 19.1 Å². The minimum Gasteiger partial charge on any atom is -0.466 e. The van der Waals surface area contributed by atoms with Crippen molar-refractivity contribution in [1.29, 1.82) is 0 Å². The highest BCUT2D eigenvalue weighted by molar-refractivity contribution is 5.77. The first-order chi connectivity index (χ1) is 23.5. The minimum atomic E-state index is -0.525. The van der Waals surface area contributed by atoms with Crippen LogP contribution in [0, 0.1) is 22.7 Å². The van der Waals surface area contributed by atoms with E-state index in [-0.39, 0.29) is 23.5 Å². The van der Waals surface area contributed by atoms with E-state index in [1.165, 1.54) is 116 Å². The lowest BCUT2D eigenvalue weighted by Crippen LogP contribution is -2.50. The molecule has 3 unspecified atom stereocenters. The molecule has 0 aromatic rings. The second kappa shape index (κ2) is 27.5. The van der Waals surface area contributed by atoms with E-state index in [0.29, 0.717) is 24.9 Å². The van der Waals surface area contributed by atoms with E-state index in [0.717, 1.165) is 58.0 Å². The number of unbranched alkanes of at least 4 members (excludes halogenated alkanes) is 15. The molecule has 0 N–H and O–H groups in total. The summed E-state index contributed by atoms with van der Waals surface area (Å²) in [4.78, 5) is 28.8. The second-order valence-corrected chi connectivity index (χ2v) is 17.1. The summed E-state index contributed by atoms with van der Waals surface area (Å²) in [6, 6.07) is 0. The van der Waals surface area contributed by atoms with Crippen LogP contribution in [0.4, 0.5) is 0 Å². The van der Waals surface area contributed by atoms with Gasteiger partial charge in [0, 0.05) is 13.0 Å². The lowest BCUT2D eigenvalue weighted by Gasteiger charge is -2.48. The summed E-state index contributed by atoms with van der Waals surface area (Å²) < 4.78 is 12.1. The fourth-order valence-corrected chi connectivity index (χ4v) is 7.78. The van der Waals surface area contributed by atoms with Gasteiger partial charge in [-0.25, -0.2) is 0 Å². The zero-order valence-corrected chi connectivity index (χ0v) is 34.3. The largest absolute Gasteiger partial charge is 0.466 e. The van der Waals surface area contributed by atoms with Gasteiger partial charge in [-0.05, 0) is 102 Å². The van der Waals surface area contributed by atoms with Crippen molar-refractivity contribution in [3.8, 4) is 0 Å². The lowest BCUT2D eigenvalue weighted by molar-refractivity contribution is -0.171. The monoisotopic (exact) mass is 692 g/mol. The van der Waals surface area contributed by atoms with Crippen molar-refractivity contribution in [2.24, 2.45) is 22.7 Å². The van der Waals surface area contributed by atoms with Crippen LogP contribution in [0.5, 0.6) is 0 Å². The summed E-state index contributed by atoms with van der Waals surface area (Å²) in [5.41, 5.74) is -0.648. The molecule has 1 saturated heterocycles. The average molecular weight is 692 g/mol. The van der Waals surface area contributed by atoms with Crippen molar-refractivity contribution in [3.63, 3.8) is 0 Å². The molecule has 1 aliphatic heterocycles. The van der Waals surface area contributed by atoms with Gasteiger partial charge in [-0.1, -0.05) is 137 Å². The highest BCUT2D eigenvalue weighted by Crippen LogP contribution is 2.48. The molecule has 3 atom stereocenters. The van der Waals surface area contributed by atoms with Crippen molar-refractivity contribution in [2.45, 2.75) is 222 Å². The number of carbonyl (C=O) groups excluding carboxylic acids is 2. The first kappa shape index (κ1) is 45.9. The van der Waals surface area contributed by atoms with Gasteiger partial charge in [0.05, 0.1) is 12.0 Å². The molecule has 1 heterocycles. The van der Waals surface area contributed by atoms with Crippen molar-refractivity contribution >= 4 is 11.9 Å². The number of piperidine rings is 1. The Morgan fingerprint density at radius 3 is 1.73 bits per heavy atom. The summed E-state index contributed by atoms with van der Waals surface area (Å²) in [5.74, 6) is 1.01. The highest BCUT2D eigenvalue weighted by atomic mass is 16.5. The van der Waals surface area contributed by atoms with E-state index in [9.17, 15) is 9.59 Å². The third-order valence-corrected chi connectivity index (χ3v) is 12.2. The highest BCUT2D eigenvalue weighted by Gasteiger charge is 2.49. The molecule has 49 heavy (non-hydrogen) atoms. The molecule has 1 fully saturated rings. The Bertz CT molecular complexity index is 824. The molecule has 0 aromatic heterocycles. The van der Waals surface area contributed by atoms with E-state index in [4.69, 9.17) is 9.47 Å². The predicted octanol–water partition coefficient (Wildman–Crippen LogP) is 12.9. The summed E-state index contributed by atoms with van der Waals surface area (Å²) in [7, 11) is 2.21. The van der Waals surface area contributed by atoms with Gasteiger partial charge in [0.15, 0.2) is 0 Å². The molecular formula is C44H85NO4. The second-order valence-electron chi connectivity index (χ2n) is 17.1. The van der Waals surface area contributed by atoms with Crippen LogP contribution in [0.15, 0.2) is 0 Å². The maximum absolute atomic E-state index is 13.8. The van der Waals surface area contributed by atoms with Gasteiger partial charge < -0.3 is 14.4 Å². The van der Waals surface area contributed by atoms with Crippen LogP contribution in [-0.2, 0) is 19.1 Å². The third-order valence-electron chi connectivity index (χ3n) is 12.2. The van der Waals surface area contributed by atoms with Crippen LogP contribution in [0.2, 0.25) is 0 Å². The number of hydrogen-bond donors (Lipinski definition) is 0. The lowest BCUT2D eigenvalue weighted by atomic mass is 9.59. The first-order valence-electron chi connectivity index (χ1n) is 21.5. The Morgan fingerprint density at radius 1 is 0.673 bits per heavy atom. The molecule has 0 spiro atoms. The predicted molar refractivity (Wildman–Crippen MR) is 210 cm³/mol. The van der Waals surface area contributed by atoms with E-state index in [1.807, 2.05) is 0 Å². The Hall–Kier alpha value is -1.10. The smallest absolute Gasteiger partial charge is 0.312 e. The minimum absolute atomic E-state index is 0.00129. The van der Waals surface area contributed by atoms with Gasteiger partial charge in [0.25, 0.3) is 0 Å². The standard InChI is InChI=1S/C44H85NO4/c1-9-12-15-17-18-21-25-32-40(49-42(47)44(6,7)43(4,5)39-31-28-34-45(8)37-39)33-26-22-19-20-23-27-35-48-41(46)36-38(29-14-11-3)30-24-16-13-10-2/h38-40H,9-37H2,1-8H3. The summed E-state index contributed by atoms with van der Waals surface area (Å²) in [6.07, 6.45) is 30.5.